The number of hydrazine groups is 1. The molecule has 0 N–H and O–H groups in total. The first-order valence-corrected chi connectivity index (χ1v) is 8.11. The lowest BCUT2D eigenvalue weighted by molar-refractivity contribution is -0.132. The number of benzene rings is 1. The summed E-state index contributed by atoms with van der Waals surface area (Å²) < 4.78 is 13.5. The van der Waals surface area contributed by atoms with E-state index in [1.54, 1.807) is 22.2 Å². The van der Waals surface area contributed by atoms with E-state index in [0.29, 0.717) is 11.6 Å². The Morgan fingerprint density at radius 1 is 1.18 bits per heavy atom. The predicted molar refractivity (Wildman–Crippen MR) is 87.9 cm³/mol. The van der Waals surface area contributed by atoms with Crippen LogP contribution in [0.3, 0.4) is 0 Å². The highest BCUT2D eigenvalue weighted by atomic mass is 19.1. The average Bonchev–Trinajstić information content (AvgIpc) is 2.48. The van der Waals surface area contributed by atoms with Gasteiger partial charge in [-0.25, -0.2) is 14.4 Å². The maximum absolute atomic E-state index is 13.5. The van der Waals surface area contributed by atoms with Gasteiger partial charge in [0.25, 0.3) is 0 Å². The smallest absolute Gasteiger partial charge is 0.247 e. The number of hydrogen-bond donors (Lipinski definition) is 0. The Morgan fingerprint density at radius 3 is 2.36 bits per heavy atom. The first-order valence-electron chi connectivity index (χ1n) is 8.11. The van der Waals surface area contributed by atoms with Crippen molar-refractivity contribution in [1.29, 1.82) is 0 Å². The van der Waals surface area contributed by atoms with Crippen LogP contribution in [0.25, 0.3) is 0 Å². The third-order valence-electron chi connectivity index (χ3n) is 4.82. The predicted octanol–water partition coefficient (Wildman–Crippen LogP) is 4.24. The second-order valence-electron chi connectivity index (χ2n) is 7.00. The van der Waals surface area contributed by atoms with Crippen LogP contribution in [0.4, 0.5) is 10.1 Å². The van der Waals surface area contributed by atoms with E-state index < -0.39 is 5.41 Å². The Kier molecular flexibility index (Phi) is 5.22. The maximum Gasteiger partial charge on any atom is 0.247 e. The van der Waals surface area contributed by atoms with Crippen LogP contribution in [-0.4, -0.2) is 25.0 Å². The van der Waals surface area contributed by atoms with E-state index in [9.17, 15) is 9.18 Å². The molecular weight excluding hydrogens is 279 g/mol. The molecule has 0 saturated heterocycles. The molecule has 1 aromatic carbocycles. The summed E-state index contributed by atoms with van der Waals surface area (Å²) in [4.78, 5) is 13.2. The topological polar surface area (TPSA) is 23.6 Å². The summed E-state index contributed by atoms with van der Waals surface area (Å²) in [5.41, 5.74) is 0.135. The van der Waals surface area contributed by atoms with Crippen molar-refractivity contribution in [2.45, 2.75) is 46.0 Å². The van der Waals surface area contributed by atoms with Crippen molar-refractivity contribution in [2.75, 3.05) is 19.1 Å². The first-order chi connectivity index (χ1) is 10.3. The molecule has 1 fully saturated rings. The second kappa shape index (κ2) is 6.78. The Labute approximate surface area is 133 Å². The monoisotopic (exact) mass is 306 g/mol. The molecule has 0 unspecified atom stereocenters. The summed E-state index contributed by atoms with van der Waals surface area (Å²) in [5.74, 6) is 0.104. The highest BCUT2D eigenvalue weighted by Crippen LogP contribution is 2.40. The van der Waals surface area contributed by atoms with Crippen molar-refractivity contribution in [3.05, 3.63) is 30.1 Å². The SMILES string of the molecule is CN(C)N(C(=O)C(C)(C)C1CCCCC1)c1cccc(F)c1. The van der Waals surface area contributed by atoms with Crippen molar-refractivity contribution in [3.8, 4) is 0 Å². The molecule has 3 nitrogen and oxygen atoms in total. The molecule has 0 aliphatic heterocycles. The number of carbonyl (C=O) groups is 1. The Balaban J connectivity index is 2.29. The number of nitrogens with zero attached hydrogens (tertiary/aromatic N) is 2. The van der Waals surface area contributed by atoms with Gasteiger partial charge in [-0.05, 0) is 37.0 Å². The summed E-state index contributed by atoms with van der Waals surface area (Å²) >= 11 is 0. The molecule has 0 radical (unpaired) electrons. The summed E-state index contributed by atoms with van der Waals surface area (Å²) in [6.07, 6.45) is 5.86. The van der Waals surface area contributed by atoms with Crippen LogP contribution in [-0.2, 0) is 4.79 Å². The number of rotatable bonds is 4. The minimum absolute atomic E-state index is 0.0370. The van der Waals surface area contributed by atoms with E-state index in [-0.39, 0.29) is 11.7 Å². The molecule has 0 spiro atoms. The zero-order valence-corrected chi connectivity index (χ0v) is 14.1. The van der Waals surface area contributed by atoms with Crippen molar-refractivity contribution < 1.29 is 9.18 Å². The fraction of sp³-hybridized carbons (Fsp3) is 0.611. The standard InChI is InChI=1S/C18H27FN2O/c1-18(2,14-9-6-5-7-10-14)17(22)21(20(3)4)16-12-8-11-15(19)13-16/h8,11-14H,5-7,9-10H2,1-4H3. The van der Waals surface area contributed by atoms with Crippen LogP contribution in [0.5, 0.6) is 0 Å². The highest BCUT2D eigenvalue weighted by molar-refractivity contribution is 5.96. The molecular formula is C18H27FN2O. The summed E-state index contributed by atoms with van der Waals surface area (Å²) in [6.45, 7) is 4.06. The van der Waals surface area contributed by atoms with Crippen LogP contribution in [0.15, 0.2) is 24.3 Å². The Morgan fingerprint density at radius 2 is 1.82 bits per heavy atom. The minimum Gasteiger partial charge on any atom is -0.272 e. The van der Waals surface area contributed by atoms with E-state index >= 15 is 0 Å². The molecule has 4 heteroatoms. The van der Waals surface area contributed by atoms with Gasteiger partial charge >= 0.3 is 0 Å². The molecule has 0 bridgehead atoms. The number of halogens is 1. The largest absolute Gasteiger partial charge is 0.272 e. The van der Waals surface area contributed by atoms with E-state index in [1.807, 2.05) is 27.9 Å². The fourth-order valence-corrected chi connectivity index (χ4v) is 3.41. The van der Waals surface area contributed by atoms with Gasteiger partial charge in [0.15, 0.2) is 0 Å². The number of amides is 1. The molecule has 1 aliphatic rings. The number of carbonyl (C=O) groups excluding carboxylic acids is 1. The fourth-order valence-electron chi connectivity index (χ4n) is 3.41. The van der Waals surface area contributed by atoms with Crippen LogP contribution < -0.4 is 5.01 Å². The number of anilines is 1. The van der Waals surface area contributed by atoms with Gasteiger partial charge in [0.05, 0.1) is 5.69 Å². The van der Waals surface area contributed by atoms with Crippen molar-refractivity contribution in [1.82, 2.24) is 5.01 Å². The van der Waals surface area contributed by atoms with Crippen LogP contribution in [0, 0.1) is 17.2 Å². The van der Waals surface area contributed by atoms with Crippen molar-refractivity contribution in [2.24, 2.45) is 11.3 Å². The van der Waals surface area contributed by atoms with Gasteiger partial charge < -0.3 is 0 Å². The second-order valence-corrected chi connectivity index (χ2v) is 7.00. The van der Waals surface area contributed by atoms with Gasteiger partial charge in [0, 0.05) is 19.5 Å². The van der Waals surface area contributed by atoms with E-state index in [0.717, 1.165) is 12.8 Å². The molecule has 1 amide bonds. The van der Waals surface area contributed by atoms with Gasteiger partial charge in [-0.3, -0.25) is 4.79 Å². The quantitative estimate of drug-likeness (QED) is 0.777. The lowest BCUT2D eigenvalue weighted by Crippen LogP contribution is -2.51. The zero-order chi connectivity index (χ0) is 16.3. The Bertz CT molecular complexity index is 522. The molecule has 1 aliphatic carbocycles. The summed E-state index contributed by atoms with van der Waals surface area (Å²) in [6, 6.07) is 6.23. The molecule has 22 heavy (non-hydrogen) atoms. The summed E-state index contributed by atoms with van der Waals surface area (Å²) in [5, 5.41) is 3.33. The van der Waals surface area contributed by atoms with Gasteiger partial charge in [0.1, 0.15) is 5.82 Å². The molecule has 0 aromatic heterocycles. The Hall–Kier alpha value is -1.42. The maximum atomic E-state index is 13.5. The molecule has 122 valence electrons. The molecule has 0 heterocycles. The third-order valence-corrected chi connectivity index (χ3v) is 4.82. The van der Waals surface area contributed by atoms with Gasteiger partial charge in [0.2, 0.25) is 5.91 Å². The molecule has 2 rings (SSSR count). The highest BCUT2D eigenvalue weighted by Gasteiger charge is 2.41. The van der Waals surface area contributed by atoms with Crippen LogP contribution in [0.2, 0.25) is 0 Å². The molecule has 0 atom stereocenters. The van der Waals surface area contributed by atoms with Crippen molar-refractivity contribution >= 4 is 11.6 Å². The zero-order valence-electron chi connectivity index (χ0n) is 14.1. The van der Waals surface area contributed by atoms with Gasteiger partial charge in [-0.1, -0.05) is 39.2 Å². The van der Waals surface area contributed by atoms with Crippen molar-refractivity contribution in [3.63, 3.8) is 0 Å². The van der Waals surface area contributed by atoms with Gasteiger partial charge in [-0.15, -0.1) is 0 Å². The summed E-state index contributed by atoms with van der Waals surface area (Å²) in [7, 11) is 3.64. The average molecular weight is 306 g/mol. The van der Waals surface area contributed by atoms with E-state index in [2.05, 4.69) is 0 Å². The molecule has 1 aromatic rings. The molecule has 1 saturated carbocycles. The van der Waals surface area contributed by atoms with E-state index in [1.165, 1.54) is 31.4 Å². The minimum atomic E-state index is -0.447. The third kappa shape index (κ3) is 3.49. The van der Waals surface area contributed by atoms with E-state index in [4.69, 9.17) is 0 Å². The van der Waals surface area contributed by atoms with Crippen LogP contribution >= 0.6 is 0 Å². The normalized spacial score (nSPS) is 16.8. The lowest BCUT2D eigenvalue weighted by atomic mass is 9.70. The first kappa shape index (κ1) is 16.9. The van der Waals surface area contributed by atoms with Gasteiger partial charge in [-0.2, -0.15) is 0 Å². The number of hydrogen-bond acceptors (Lipinski definition) is 2. The van der Waals surface area contributed by atoms with Crippen LogP contribution in [0.1, 0.15) is 46.0 Å². The lowest BCUT2D eigenvalue weighted by Gasteiger charge is -2.41.